The molecule has 0 saturated carbocycles. The normalized spacial score (nSPS) is 11.8. The van der Waals surface area contributed by atoms with Crippen LogP contribution in [-0.2, 0) is 9.59 Å². The molecule has 1 unspecified atom stereocenters. The number of para-hydroxylation sites is 1. The van der Waals surface area contributed by atoms with Gasteiger partial charge in [0, 0.05) is 4.47 Å². The number of hydrogen-bond donors (Lipinski definition) is 2. The summed E-state index contributed by atoms with van der Waals surface area (Å²) in [6.45, 7) is 4.30. The molecule has 28 heavy (non-hydrogen) atoms. The van der Waals surface area contributed by atoms with Crippen LogP contribution in [0.25, 0.3) is 0 Å². The van der Waals surface area contributed by atoms with Gasteiger partial charge in [0.2, 0.25) is 5.91 Å². The van der Waals surface area contributed by atoms with Crippen LogP contribution in [0.5, 0.6) is 5.75 Å². The standard InChI is InChI=1S/C21H24BrN3O3/c1-3-4-12-28-17-9-7-8-16(13-17)14-23-25-21(27)15(2)20(26)24-19-11-6-5-10-18(19)22/h5-11,13-15H,3-4,12H2,1-2H3,(H,24,26)(H,25,27). The van der Waals surface area contributed by atoms with Crippen molar-refractivity contribution < 1.29 is 14.3 Å². The summed E-state index contributed by atoms with van der Waals surface area (Å²) < 4.78 is 6.39. The fourth-order valence-corrected chi connectivity index (χ4v) is 2.59. The summed E-state index contributed by atoms with van der Waals surface area (Å²) in [7, 11) is 0. The van der Waals surface area contributed by atoms with Gasteiger partial charge in [-0.25, -0.2) is 5.43 Å². The van der Waals surface area contributed by atoms with Gasteiger partial charge >= 0.3 is 0 Å². The Morgan fingerprint density at radius 1 is 1.18 bits per heavy atom. The Morgan fingerprint density at radius 2 is 1.96 bits per heavy atom. The zero-order chi connectivity index (χ0) is 20.4. The van der Waals surface area contributed by atoms with E-state index in [-0.39, 0.29) is 0 Å². The SMILES string of the molecule is CCCCOc1cccc(C=NNC(=O)C(C)C(=O)Nc2ccccc2Br)c1. The molecule has 2 N–H and O–H groups in total. The van der Waals surface area contributed by atoms with Crippen molar-refractivity contribution in [3.05, 3.63) is 58.6 Å². The number of carbonyl (C=O) groups is 2. The Bertz CT molecular complexity index is 839. The Hall–Kier alpha value is -2.67. The number of rotatable bonds is 9. The average Bonchev–Trinajstić information content (AvgIpc) is 2.69. The maximum atomic E-state index is 12.2. The van der Waals surface area contributed by atoms with E-state index >= 15 is 0 Å². The first-order valence-corrected chi connectivity index (χ1v) is 9.91. The van der Waals surface area contributed by atoms with Gasteiger partial charge in [-0.1, -0.05) is 37.6 Å². The predicted octanol–water partition coefficient (Wildman–Crippen LogP) is 4.35. The lowest BCUT2D eigenvalue weighted by molar-refractivity contribution is -0.131. The fraction of sp³-hybridized carbons (Fsp3) is 0.286. The van der Waals surface area contributed by atoms with Crippen LogP contribution in [0.1, 0.15) is 32.3 Å². The molecular formula is C21H24BrN3O3. The van der Waals surface area contributed by atoms with E-state index in [0.717, 1.165) is 28.6 Å². The molecule has 2 amide bonds. The van der Waals surface area contributed by atoms with Crippen LogP contribution in [0, 0.1) is 5.92 Å². The largest absolute Gasteiger partial charge is 0.494 e. The number of halogens is 1. The van der Waals surface area contributed by atoms with Gasteiger partial charge in [0.15, 0.2) is 0 Å². The molecular weight excluding hydrogens is 422 g/mol. The number of nitrogens with one attached hydrogen (secondary N) is 2. The number of hydrazone groups is 1. The molecule has 0 aromatic heterocycles. The Labute approximate surface area is 173 Å². The number of nitrogens with zero attached hydrogens (tertiary/aromatic N) is 1. The molecule has 0 aliphatic heterocycles. The van der Waals surface area contributed by atoms with Crippen LogP contribution in [0.2, 0.25) is 0 Å². The summed E-state index contributed by atoms with van der Waals surface area (Å²) in [5.74, 6) is -1.04. The van der Waals surface area contributed by atoms with E-state index < -0.39 is 17.7 Å². The second kappa shape index (κ2) is 11.2. The zero-order valence-electron chi connectivity index (χ0n) is 15.9. The molecule has 0 heterocycles. The van der Waals surface area contributed by atoms with Crippen molar-refractivity contribution in [1.29, 1.82) is 0 Å². The van der Waals surface area contributed by atoms with Crippen LogP contribution in [-0.4, -0.2) is 24.6 Å². The molecule has 148 valence electrons. The molecule has 0 saturated heterocycles. The molecule has 2 rings (SSSR count). The van der Waals surface area contributed by atoms with E-state index in [1.807, 2.05) is 36.4 Å². The van der Waals surface area contributed by atoms with Gasteiger partial charge in [0.25, 0.3) is 5.91 Å². The van der Waals surface area contributed by atoms with E-state index in [2.05, 4.69) is 38.7 Å². The summed E-state index contributed by atoms with van der Waals surface area (Å²) >= 11 is 3.36. The number of unbranched alkanes of at least 4 members (excludes halogenated alkanes) is 1. The predicted molar refractivity (Wildman–Crippen MR) is 115 cm³/mol. The van der Waals surface area contributed by atoms with Crippen LogP contribution in [0.3, 0.4) is 0 Å². The Morgan fingerprint density at radius 3 is 2.71 bits per heavy atom. The maximum absolute atomic E-state index is 12.2. The summed E-state index contributed by atoms with van der Waals surface area (Å²) in [6.07, 6.45) is 3.58. The van der Waals surface area contributed by atoms with Gasteiger partial charge in [0.1, 0.15) is 11.7 Å². The van der Waals surface area contributed by atoms with E-state index in [1.165, 1.54) is 13.1 Å². The number of amides is 2. The van der Waals surface area contributed by atoms with Crippen LogP contribution >= 0.6 is 15.9 Å². The Kier molecular flexibility index (Phi) is 8.68. The van der Waals surface area contributed by atoms with Crippen molar-refractivity contribution in [3.8, 4) is 5.75 Å². The topological polar surface area (TPSA) is 79.8 Å². The molecule has 2 aromatic carbocycles. The van der Waals surface area contributed by atoms with Crippen molar-refractivity contribution in [3.63, 3.8) is 0 Å². The molecule has 1 atom stereocenters. The minimum Gasteiger partial charge on any atom is -0.494 e. The monoisotopic (exact) mass is 445 g/mol. The van der Waals surface area contributed by atoms with E-state index in [1.54, 1.807) is 12.1 Å². The van der Waals surface area contributed by atoms with Gasteiger partial charge in [-0.3, -0.25) is 9.59 Å². The molecule has 0 bridgehead atoms. The van der Waals surface area contributed by atoms with Crippen molar-refractivity contribution in [2.24, 2.45) is 11.0 Å². The summed E-state index contributed by atoms with van der Waals surface area (Å²) in [5, 5.41) is 6.65. The van der Waals surface area contributed by atoms with Gasteiger partial charge < -0.3 is 10.1 Å². The number of ether oxygens (including phenoxy) is 1. The van der Waals surface area contributed by atoms with E-state index in [9.17, 15) is 9.59 Å². The molecule has 6 nitrogen and oxygen atoms in total. The third-order valence-electron chi connectivity index (χ3n) is 3.93. The van der Waals surface area contributed by atoms with Crippen molar-refractivity contribution >= 4 is 39.6 Å². The fourth-order valence-electron chi connectivity index (χ4n) is 2.21. The third-order valence-corrected chi connectivity index (χ3v) is 4.62. The summed E-state index contributed by atoms with van der Waals surface area (Å²) in [5.41, 5.74) is 3.80. The van der Waals surface area contributed by atoms with Crippen molar-refractivity contribution in [1.82, 2.24) is 5.43 Å². The molecule has 0 aliphatic rings. The highest BCUT2D eigenvalue weighted by Gasteiger charge is 2.21. The first-order valence-electron chi connectivity index (χ1n) is 9.12. The van der Waals surface area contributed by atoms with Gasteiger partial charge in [-0.15, -0.1) is 0 Å². The second-order valence-electron chi connectivity index (χ2n) is 6.20. The van der Waals surface area contributed by atoms with Crippen LogP contribution in [0.15, 0.2) is 58.1 Å². The highest BCUT2D eigenvalue weighted by Crippen LogP contribution is 2.21. The first kappa shape index (κ1) is 21.6. The number of carbonyl (C=O) groups excluding carboxylic acids is 2. The number of benzene rings is 2. The molecule has 2 aromatic rings. The Balaban J connectivity index is 1.87. The van der Waals surface area contributed by atoms with Crippen LogP contribution in [0.4, 0.5) is 5.69 Å². The number of hydrogen-bond acceptors (Lipinski definition) is 4. The first-order chi connectivity index (χ1) is 13.5. The lowest BCUT2D eigenvalue weighted by atomic mass is 10.1. The molecule has 0 aliphatic carbocycles. The zero-order valence-corrected chi connectivity index (χ0v) is 17.5. The van der Waals surface area contributed by atoms with E-state index in [0.29, 0.717) is 12.3 Å². The van der Waals surface area contributed by atoms with Crippen molar-refractivity contribution in [2.45, 2.75) is 26.7 Å². The molecule has 7 heteroatoms. The molecule has 0 radical (unpaired) electrons. The van der Waals surface area contributed by atoms with Gasteiger partial charge in [0.05, 0.1) is 18.5 Å². The highest BCUT2D eigenvalue weighted by molar-refractivity contribution is 9.10. The van der Waals surface area contributed by atoms with Gasteiger partial charge in [-0.2, -0.15) is 5.10 Å². The molecule has 0 spiro atoms. The number of anilines is 1. The summed E-state index contributed by atoms with van der Waals surface area (Å²) in [4.78, 5) is 24.4. The van der Waals surface area contributed by atoms with Crippen molar-refractivity contribution in [2.75, 3.05) is 11.9 Å². The molecule has 0 fully saturated rings. The van der Waals surface area contributed by atoms with Gasteiger partial charge in [-0.05, 0) is 59.1 Å². The lowest BCUT2D eigenvalue weighted by Crippen LogP contribution is -2.34. The third kappa shape index (κ3) is 6.81. The van der Waals surface area contributed by atoms with E-state index in [4.69, 9.17) is 4.74 Å². The second-order valence-corrected chi connectivity index (χ2v) is 7.05. The lowest BCUT2D eigenvalue weighted by Gasteiger charge is -2.11. The minimum atomic E-state index is -0.895. The van der Waals surface area contributed by atoms with Crippen LogP contribution < -0.4 is 15.5 Å². The summed E-state index contributed by atoms with van der Waals surface area (Å²) in [6, 6.07) is 14.6. The average molecular weight is 446 g/mol. The smallest absolute Gasteiger partial charge is 0.252 e. The maximum Gasteiger partial charge on any atom is 0.252 e. The quantitative estimate of drug-likeness (QED) is 0.260. The minimum absolute atomic E-state index is 0.411. The highest BCUT2D eigenvalue weighted by atomic mass is 79.9.